The minimum absolute atomic E-state index is 0.0523. The minimum atomic E-state index is -2.49. The van der Waals surface area contributed by atoms with E-state index in [2.05, 4.69) is 9.13 Å². The number of rotatable bonds is 6. The summed E-state index contributed by atoms with van der Waals surface area (Å²) in [4.78, 5) is 0. The van der Waals surface area contributed by atoms with E-state index >= 15 is 0 Å². The van der Waals surface area contributed by atoms with Gasteiger partial charge in [0.05, 0.1) is 12.6 Å². The van der Waals surface area contributed by atoms with Crippen molar-refractivity contribution in [2.75, 3.05) is 0 Å². The summed E-state index contributed by atoms with van der Waals surface area (Å²) in [7, 11) is 2.00. The van der Waals surface area contributed by atoms with Crippen molar-refractivity contribution in [3.05, 3.63) is 137 Å². The molecular formula is C47H45N2O2+. The molecule has 0 amide bonds. The van der Waals surface area contributed by atoms with Gasteiger partial charge in [0.1, 0.15) is 22.6 Å². The summed E-state index contributed by atoms with van der Waals surface area (Å²) in [5.74, 6) is -1.31. The molecule has 8 aromatic rings. The van der Waals surface area contributed by atoms with Gasteiger partial charge in [0.15, 0.2) is 11.0 Å². The number of hydrogen-bond donors (Lipinski definition) is 1. The monoisotopic (exact) mass is 674 g/mol. The molecule has 2 aromatic heterocycles. The third kappa shape index (κ3) is 5.07. The Hall–Kier alpha value is -5.61. The lowest BCUT2D eigenvalue weighted by Crippen LogP contribution is -2.31. The maximum atomic E-state index is 12.0. The van der Waals surface area contributed by atoms with Crippen LogP contribution in [0.15, 0.2) is 114 Å². The Morgan fingerprint density at radius 1 is 0.725 bits per heavy atom. The van der Waals surface area contributed by atoms with E-state index in [-0.39, 0.29) is 11.3 Å². The Labute approximate surface area is 307 Å². The second-order valence-electron chi connectivity index (χ2n) is 14.0. The molecule has 1 N–H and O–H groups in total. The fourth-order valence-corrected chi connectivity index (χ4v) is 7.97. The number of benzene rings is 6. The Balaban J connectivity index is 1.43. The fourth-order valence-electron chi connectivity index (χ4n) is 7.97. The molecule has 51 heavy (non-hydrogen) atoms. The number of aryl methyl sites for hydroxylation is 3. The Bertz CT molecular complexity index is 2830. The van der Waals surface area contributed by atoms with Crippen molar-refractivity contribution in [3.8, 4) is 45.1 Å². The van der Waals surface area contributed by atoms with Gasteiger partial charge in [0.25, 0.3) is 5.82 Å². The van der Waals surface area contributed by atoms with Gasteiger partial charge >= 0.3 is 0 Å². The van der Waals surface area contributed by atoms with E-state index in [1.807, 2.05) is 140 Å². The molecule has 0 saturated heterocycles. The molecular weight excluding hydrogens is 625 g/mol. The fraction of sp³-hybridized carbons (Fsp3) is 0.213. The molecule has 254 valence electrons. The summed E-state index contributed by atoms with van der Waals surface area (Å²) in [5.41, 5.74) is 10.4. The summed E-state index contributed by atoms with van der Waals surface area (Å²) >= 11 is 0. The Morgan fingerprint density at radius 2 is 1.41 bits per heavy atom. The largest absolute Gasteiger partial charge is 0.507 e. The SMILES string of the molecule is [2H]C([2H])([2H])c1cc(C)c(-c2n(-c3c(C([2H])(C)C)cccc3C([2H])(C)C)c3ccccc3[n+]2C)c(C)c1-c1ccc(-c2cccc3c2oc2ccccc23)cc1O. The molecule has 4 nitrogen and oxygen atoms in total. The molecule has 0 aliphatic carbocycles. The topological polar surface area (TPSA) is 42.2 Å². The maximum absolute atomic E-state index is 12.0. The molecule has 6 aromatic carbocycles. The van der Waals surface area contributed by atoms with Crippen molar-refractivity contribution < 1.29 is 20.9 Å². The van der Waals surface area contributed by atoms with Crippen LogP contribution in [0.1, 0.15) is 74.2 Å². The number of fused-ring (bicyclic) bond motifs is 4. The van der Waals surface area contributed by atoms with E-state index in [4.69, 9.17) is 8.53 Å². The molecule has 4 heteroatoms. The Morgan fingerprint density at radius 3 is 2.14 bits per heavy atom. The maximum Gasteiger partial charge on any atom is 0.295 e. The zero-order valence-corrected chi connectivity index (χ0v) is 30.1. The van der Waals surface area contributed by atoms with E-state index in [1.54, 1.807) is 18.2 Å². The predicted molar refractivity (Wildman–Crippen MR) is 212 cm³/mol. The first kappa shape index (κ1) is 27.2. The van der Waals surface area contributed by atoms with Crippen molar-refractivity contribution in [1.82, 2.24) is 4.57 Å². The van der Waals surface area contributed by atoms with Gasteiger partial charge in [-0.25, -0.2) is 4.57 Å². The van der Waals surface area contributed by atoms with Crippen molar-refractivity contribution in [3.63, 3.8) is 0 Å². The summed E-state index contributed by atoms with van der Waals surface area (Å²) in [6.45, 7) is 8.80. The predicted octanol–water partition coefficient (Wildman–Crippen LogP) is 12.2. The normalized spacial score (nSPS) is 14.1. The third-order valence-electron chi connectivity index (χ3n) is 10.3. The zero-order chi connectivity index (χ0) is 40.1. The van der Waals surface area contributed by atoms with Gasteiger partial charge in [-0.15, -0.1) is 0 Å². The van der Waals surface area contributed by atoms with Crippen LogP contribution in [-0.4, -0.2) is 9.67 Å². The number of aromatic nitrogens is 2. The number of aromatic hydroxyl groups is 1. The number of nitrogens with zero attached hydrogens (tertiary/aromatic N) is 2. The van der Waals surface area contributed by atoms with Gasteiger partial charge in [0, 0.05) is 39.9 Å². The van der Waals surface area contributed by atoms with Crippen LogP contribution in [0.3, 0.4) is 0 Å². The summed E-state index contributed by atoms with van der Waals surface area (Å²) < 4.78 is 55.3. The summed E-state index contributed by atoms with van der Waals surface area (Å²) in [6.07, 6.45) is 0. The zero-order valence-electron chi connectivity index (χ0n) is 35.1. The lowest BCUT2D eigenvalue weighted by Gasteiger charge is -2.21. The van der Waals surface area contributed by atoms with Crippen molar-refractivity contribution >= 4 is 33.0 Å². The lowest BCUT2D eigenvalue weighted by atomic mass is 9.87. The molecule has 0 atom stereocenters. The number of imidazole rings is 1. The van der Waals surface area contributed by atoms with Crippen LogP contribution in [0.5, 0.6) is 5.75 Å². The van der Waals surface area contributed by atoms with Crippen LogP contribution in [-0.2, 0) is 7.05 Å². The number of phenols is 1. The van der Waals surface area contributed by atoms with Gasteiger partial charge in [-0.3, -0.25) is 0 Å². The highest BCUT2D eigenvalue weighted by atomic mass is 16.3. The minimum Gasteiger partial charge on any atom is -0.507 e. The number of furan rings is 1. The molecule has 0 fully saturated rings. The van der Waals surface area contributed by atoms with Gasteiger partial charge in [0.2, 0.25) is 0 Å². The number of hydrogen-bond acceptors (Lipinski definition) is 2. The smallest absolute Gasteiger partial charge is 0.295 e. The van der Waals surface area contributed by atoms with Crippen molar-refractivity contribution in [1.29, 1.82) is 0 Å². The quantitative estimate of drug-likeness (QED) is 0.178. The highest BCUT2D eigenvalue weighted by Gasteiger charge is 2.33. The van der Waals surface area contributed by atoms with Gasteiger partial charge in [-0.05, 0) is 84.6 Å². The van der Waals surface area contributed by atoms with Gasteiger partial charge in [-0.2, -0.15) is 4.57 Å². The average molecular weight is 675 g/mol. The average Bonchev–Trinajstić information content (AvgIpc) is 3.65. The molecule has 0 spiro atoms. The van der Waals surface area contributed by atoms with Crippen LogP contribution >= 0.6 is 0 Å². The van der Waals surface area contributed by atoms with E-state index in [0.717, 1.165) is 72.3 Å². The first-order chi connectivity index (χ1) is 26.4. The number of phenolic OH excluding ortho intramolecular Hbond substituents is 1. The van der Waals surface area contributed by atoms with Crippen LogP contribution in [0.4, 0.5) is 0 Å². The van der Waals surface area contributed by atoms with Crippen molar-refractivity contribution in [2.45, 2.75) is 60.2 Å². The highest BCUT2D eigenvalue weighted by molar-refractivity contribution is 6.09. The first-order valence-electron chi connectivity index (χ1n) is 19.9. The molecule has 0 aliphatic rings. The molecule has 0 radical (unpaired) electrons. The van der Waals surface area contributed by atoms with Gasteiger partial charge in [-0.1, -0.05) is 113 Å². The van der Waals surface area contributed by atoms with E-state index < -0.39 is 18.6 Å². The molecule has 0 aliphatic heterocycles. The van der Waals surface area contributed by atoms with Crippen LogP contribution in [0.25, 0.3) is 72.3 Å². The third-order valence-corrected chi connectivity index (χ3v) is 10.3. The first-order valence-corrected chi connectivity index (χ1v) is 17.4. The van der Waals surface area contributed by atoms with Gasteiger partial charge < -0.3 is 9.52 Å². The molecule has 0 saturated carbocycles. The second-order valence-corrected chi connectivity index (χ2v) is 14.0. The molecule has 0 unspecified atom stereocenters. The van der Waals surface area contributed by atoms with Crippen LogP contribution in [0, 0.1) is 20.7 Å². The highest BCUT2D eigenvalue weighted by Crippen LogP contribution is 2.44. The molecule has 2 heterocycles. The van der Waals surface area contributed by atoms with E-state index in [1.165, 1.54) is 0 Å². The molecule has 0 bridgehead atoms. The van der Waals surface area contributed by atoms with E-state index in [9.17, 15) is 7.85 Å². The number of para-hydroxylation sites is 5. The second kappa shape index (κ2) is 12.3. The summed E-state index contributed by atoms with van der Waals surface area (Å²) in [6, 6.07) is 34.9. The van der Waals surface area contributed by atoms with Crippen LogP contribution in [0.2, 0.25) is 0 Å². The lowest BCUT2D eigenvalue weighted by molar-refractivity contribution is -0.633. The van der Waals surface area contributed by atoms with E-state index in [0.29, 0.717) is 22.3 Å². The summed E-state index contributed by atoms with van der Waals surface area (Å²) in [5, 5.41) is 13.9. The molecule has 8 rings (SSSR count). The van der Waals surface area contributed by atoms with Crippen molar-refractivity contribution in [2.24, 2.45) is 7.05 Å². The standard InChI is InChI=1S/C47H44N2O2/c1-27(2)33-16-13-17-34(28(3)4)45(33)49-40-21-11-10-20-39(40)48(8)47(49)44-30(6)25-29(5)43(31(44)7)38-24-23-32(26-41(38)50)35-18-14-19-37-36-15-9-12-22-42(36)51-46(35)37/h9-28H,1-8H3/p+1/i5D3,27D,28D. The Kier molecular flexibility index (Phi) is 6.56. The van der Waals surface area contributed by atoms with Crippen LogP contribution < -0.4 is 4.57 Å².